The maximum atomic E-state index is 11.7. The number of hydrogen-bond donors (Lipinski definition) is 2. The van der Waals surface area contributed by atoms with Gasteiger partial charge in [0.1, 0.15) is 11.7 Å². The molecule has 0 saturated carbocycles. The normalized spacial score (nSPS) is 14.2. The zero-order chi connectivity index (χ0) is 15.3. The van der Waals surface area contributed by atoms with Gasteiger partial charge in [0.2, 0.25) is 0 Å². The Kier molecular flexibility index (Phi) is 5.10. The van der Waals surface area contributed by atoms with Crippen LogP contribution in [0.4, 0.5) is 4.79 Å². The first-order chi connectivity index (χ1) is 9.20. The van der Waals surface area contributed by atoms with E-state index in [0.29, 0.717) is 5.56 Å². The summed E-state index contributed by atoms with van der Waals surface area (Å²) in [5.74, 6) is -1.67. The summed E-state index contributed by atoms with van der Waals surface area (Å²) in [5, 5.41) is 22.8. The van der Waals surface area contributed by atoms with Gasteiger partial charge < -0.3 is 25.1 Å². The van der Waals surface area contributed by atoms with Crippen LogP contribution in [0.25, 0.3) is 0 Å². The fourth-order valence-electron chi connectivity index (χ4n) is 1.58. The molecule has 2 N–H and O–H groups in total. The second kappa shape index (κ2) is 6.38. The lowest BCUT2D eigenvalue weighted by atomic mass is 10.0. The van der Waals surface area contributed by atoms with Gasteiger partial charge in [0.05, 0.1) is 12.0 Å². The third-order valence-corrected chi connectivity index (χ3v) is 2.39. The zero-order valence-electron chi connectivity index (χ0n) is 11.6. The molecule has 0 aromatic heterocycles. The highest BCUT2D eigenvalue weighted by Gasteiger charge is 2.26. The van der Waals surface area contributed by atoms with Gasteiger partial charge in [-0.3, -0.25) is 0 Å². The molecule has 2 atom stereocenters. The molecule has 1 aromatic rings. The molecule has 1 amide bonds. The summed E-state index contributed by atoms with van der Waals surface area (Å²) in [7, 11) is 0. The molecule has 0 aliphatic heterocycles. The van der Waals surface area contributed by atoms with Gasteiger partial charge in [-0.1, -0.05) is 30.3 Å². The fraction of sp³-hybridized carbons (Fsp3) is 0.429. The van der Waals surface area contributed by atoms with Gasteiger partial charge >= 0.3 is 6.09 Å². The second-order valence-electron chi connectivity index (χ2n) is 5.30. The number of amides is 1. The molecule has 0 spiro atoms. The van der Waals surface area contributed by atoms with Crippen molar-refractivity contribution in [2.24, 2.45) is 0 Å². The Balaban J connectivity index is 2.90. The van der Waals surface area contributed by atoms with E-state index in [2.05, 4.69) is 5.32 Å². The number of benzene rings is 1. The van der Waals surface area contributed by atoms with Gasteiger partial charge in [0.25, 0.3) is 0 Å². The lowest BCUT2D eigenvalue weighted by Crippen LogP contribution is -2.47. The molecule has 0 bridgehead atoms. The number of aliphatic hydroxyl groups excluding tert-OH is 1. The van der Waals surface area contributed by atoms with Crippen LogP contribution in [-0.4, -0.2) is 28.9 Å². The van der Waals surface area contributed by atoms with E-state index in [1.54, 1.807) is 51.1 Å². The van der Waals surface area contributed by atoms with Crippen molar-refractivity contribution in [1.82, 2.24) is 5.32 Å². The van der Waals surface area contributed by atoms with Crippen molar-refractivity contribution in [3.05, 3.63) is 35.9 Å². The van der Waals surface area contributed by atoms with Gasteiger partial charge in [0.15, 0.2) is 0 Å². The Morgan fingerprint density at radius 2 is 1.80 bits per heavy atom. The van der Waals surface area contributed by atoms with Crippen LogP contribution in [-0.2, 0) is 9.53 Å². The minimum absolute atomic E-state index is 0.440. The van der Waals surface area contributed by atoms with Gasteiger partial charge in [-0.15, -0.1) is 0 Å². The maximum Gasteiger partial charge on any atom is 0.408 e. The Labute approximate surface area is 117 Å². The number of aliphatic carboxylic acids is 1. The lowest BCUT2D eigenvalue weighted by molar-refractivity contribution is -0.316. The van der Waals surface area contributed by atoms with Crippen LogP contribution in [0.15, 0.2) is 30.3 Å². The van der Waals surface area contributed by atoms with Crippen LogP contribution in [0.1, 0.15) is 32.4 Å². The van der Waals surface area contributed by atoms with Crippen molar-refractivity contribution in [1.29, 1.82) is 0 Å². The molecule has 1 aromatic carbocycles. The van der Waals surface area contributed by atoms with Crippen molar-refractivity contribution < 1.29 is 24.5 Å². The van der Waals surface area contributed by atoms with Crippen molar-refractivity contribution in [2.45, 2.75) is 38.5 Å². The maximum absolute atomic E-state index is 11.7. The molecule has 6 heteroatoms. The van der Waals surface area contributed by atoms with E-state index < -0.39 is 29.8 Å². The molecular formula is C14H18NO5-. The average Bonchev–Trinajstić information content (AvgIpc) is 2.34. The summed E-state index contributed by atoms with van der Waals surface area (Å²) < 4.78 is 5.05. The number of aliphatic hydroxyl groups is 1. The summed E-state index contributed by atoms with van der Waals surface area (Å²) in [6.07, 6.45) is -2.68. The summed E-state index contributed by atoms with van der Waals surface area (Å²) in [6, 6.07) is 7.11. The molecule has 1 rings (SSSR count). The van der Waals surface area contributed by atoms with Crippen LogP contribution in [0, 0.1) is 0 Å². The van der Waals surface area contributed by atoms with Crippen LogP contribution in [0.5, 0.6) is 0 Å². The predicted molar refractivity (Wildman–Crippen MR) is 69.6 cm³/mol. The number of carboxylic acid groups (broad SMARTS) is 1. The van der Waals surface area contributed by atoms with Crippen molar-refractivity contribution >= 4 is 12.1 Å². The summed E-state index contributed by atoms with van der Waals surface area (Å²) in [6.45, 7) is 5.04. The molecule has 6 nitrogen and oxygen atoms in total. The molecule has 0 saturated heterocycles. The van der Waals surface area contributed by atoms with E-state index in [-0.39, 0.29) is 0 Å². The molecular weight excluding hydrogens is 262 g/mol. The Hall–Kier alpha value is -2.08. The van der Waals surface area contributed by atoms with Gasteiger partial charge in [-0.2, -0.15) is 0 Å². The predicted octanol–water partition coefficient (Wildman–Crippen LogP) is 0.363. The number of carboxylic acids is 1. The highest BCUT2D eigenvalue weighted by molar-refractivity contribution is 5.74. The van der Waals surface area contributed by atoms with Crippen LogP contribution in [0.2, 0.25) is 0 Å². The zero-order valence-corrected chi connectivity index (χ0v) is 11.6. The largest absolute Gasteiger partial charge is 0.547 e. The lowest BCUT2D eigenvalue weighted by Gasteiger charge is -2.27. The van der Waals surface area contributed by atoms with Gasteiger partial charge in [-0.05, 0) is 26.3 Å². The van der Waals surface area contributed by atoms with Crippen molar-refractivity contribution in [2.75, 3.05) is 0 Å². The third kappa shape index (κ3) is 4.89. The van der Waals surface area contributed by atoms with Gasteiger partial charge in [-0.25, -0.2) is 4.79 Å². The molecule has 20 heavy (non-hydrogen) atoms. The van der Waals surface area contributed by atoms with Gasteiger partial charge in [0, 0.05) is 0 Å². The summed E-state index contributed by atoms with van der Waals surface area (Å²) in [4.78, 5) is 22.5. The van der Waals surface area contributed by atoms with E-state index in [9.17, 15) is 19.8 Å². The average molecular weight is 280 g/mol. The Bertz CT molecular complexity index is 466. The highest BCUT2D eigenvalue weighted by atomic mass is 16.6. The van der Waals surface area contributed by atoms with E-state index in [4.69, 9.17) is 4.74 Å². The van der Waals surface area contributed by atoms with Crippen LogP contribution >= 0.6 is 0 Å². The monoisotopic (exact) mass is 280 g/mol. The smallest absolute Gasteiger partial charge is 0.408 e. The Morgan fingerprint density at radius 3 is 2.25 bits per heavy atom. The standard InChI is InChI=1S/C14H19NO5/c1-14(2,3)20-13(19)15-10(11(16)12(17)18)9-7-5-4-6-8-9/h4-8,10-11,16H,1-3H3,(H,15,19)(H,17,18)/p-1/t10-,11+/m0/s1. The number of hydrogen-bond acceptors (Lipinski definition) is 5. The number of alkyl carbamates (subject to hydrolysis) is 1. The van der Waals surface area contributed by atoms with E-state index in [1.165, 1.54) is 0 Å². The number of ether oxygens (including phenoxy) is 1. The Morgan fingerprint density at radius 1 is 1.25 bits per heavy atom. The SMILES string of the molecule is CC(C)(C)OC(=O)N[C@@H](c1ccccc1)[C@@H](O)C(=O)[O-]. The number of rotatable bonds is 4. The molecule has 0 radical (unpaired) electrons. The quantitative estimate of drug-likeness (QED) is 0.830. The minimum atomic E-state index is -1.87. The van der Waals surface area contributed by atoms with E-state index >= 15 is 0 Å². The summed E-state index contributed by atoms with van der Waals surface area (Å²) in [5.41, 5.74) is -0.285. The molecule has 0 heterocycles. The van der Waals surface area contributed by atoms with Crippen LogP contribution < -0.4 is 10.4 Å². The first-order valence-corrected chi connectivity index (χ1v) is 6.14. The third-order valence-electron chi connectivity index (χ3n) is 2.39. The highest BCUT2D eigenvalue weighted by Crippen LogP contribution is 2.18. The number of carbonyl (C=O) groups is 2. The first-order valence-electron chi connectivity index (χ1n) is 6.14. The van der Waals surface area contributed by atoms with Crippen molar-refractivity contribution in [3.8, 4) is 0 Å². The van der Waals surface area contributed by atoms with Crippen LogP contribution in [0.3, 0.4) is 0 Å². The number of nitrogens with one attached hydrogen (secondary N) is 1. The van der Waals surface area contributed by atoms with E-state index in [0.717, 1.165) is 0 Å². The second-order valence-corrected chi connectivity index (χ2v) is 5.30. The minimum Gasteiger partial charge on any atom is -0.547 e. The molecule has 0 aliphatic carbocycles. The molecule has 110 valence electrons. The topological polar surface area (TPSA) is 98.7 Å². The first kappa shape index (κ1) is 16.0. The number of carbonyl (C=O) groups excluding carboxylic acids is 2. The van der Waals surface area contributed by atoms with Crippen molar-refractivity contribution in [3.63, 3.8) is 0 Å². The molecule has 0 fully saturated rings. The van der Waals surface area contributed by atoms with E-state index in [1.807, 2.05) is 0 Å². The summed E-state index contributed by atoms with van der Waals surface area (Å²) >= 11 is 0. The molecule has 0 aliphatic rings. The molecule has 0 unspecified atom stereocenters. The fourth-order valence-corrected chi connectivity index (χ4v) is 1.58.